The standard InChI is InChI=1S/C16H11N3O3/c20-15(11-2-1-6-17-9-11)19-12-3-4-13-10(8-12)5-7-18-14(13)16(21)22/h1-9H,(H,19,20)(H,21,22). The van der Waals surface area contributed by atoms with Gasteiger partial charge < -0.3 is 10.4 Å². The normalized spacial score (nSPS) is 10.4. The summed E-state index contributed by atoms with van der Waals surface area (Å²) in [5.41, 5.74) is 1.01. The molecule has 0 unspecified atom stereocenters. The molecule has 3 rings (SSSR count). The predicted octanol–water partition coefficient (Wildman–Crippen LogP) is 2.58. The van der Waals surface area contributed by atoms with E-state index >= 15 is 0 Å². The fourth-order valence-corrected chi connectivity index (χ4v) is 2.13. The number of amides is 1. The van der Waals surface area contributed by atoms with Gasteiger partial charge in [0.15, 0.2) is 5.69 Å². The molecule has 0 saturated heterocycles. The number of rotatable bonds is 3. The van der Waals surface area contributed by atoms with Gasteiger partial charge in [-0.1, -0.05) is 0 Å². The number of benzene rings is 1. The second-order valence-corrected chi connectivity index (χ2v) is 4.60. The van der Waals surface area contributed by atoms with Crippen molar-refractivity contribution in [3.8, 4) is 0 Å². The number of pyridine rings is 2. The number of hydrogen-bond acceptors (Lipinski definition) is 4. The van der Waals surface area contributed by atoms with E-state index in [9.17, 15) is 9.59 Å². The van der Waals surface area contributed by atoms with Gasteiger partial charge in [0.1, 0.15) is 0 Å². The van der Waals surface area contributed by atoms with E-state index in [-0.39, 0.29) is 11.6 Å². The van der Waals surface area contributed by atoms with Gasteiger partial charge in [0.25, 0.3) is 5.91 Å². The van der Waals surface area contributed by atoms with E-state index in [4.69, 9.17) is 5.11 Å². The summed E-state index contributed by atoms with van der Waals surface area (Å²) in [5, 5.41) is 13.1. The van der Waals surface area contributed by atoms with E-state index < -0.39 is 5.97 Å². The molecule has 0 saturated carbocycles. The van der Waals surface area contributed by atoms with Crippen molar-refractivity contribution in [3.05, 3.63) is 66.2 Å². The van der Waals surface area contributed by atoms with Crippen LogP contribution in [0.25, 0.3) is 10.8 Å². The van der Waals surface area contributed by atoms with E-state index in [1.165, 1.54) is 12.4 Å². The Bertz CT molecular complexity index is 863. The molecule has 108 valence electrons. The van der Waals surface area contributed by atoms with Gasteiger partial charge in [-0.25, -0.2) is 9.78 Å². The molecule has 0 radical (unpaired) electrons. The van der Waals surface area contributed by atoms with Gasteiger partial charge in [-0.3, -0.25) is 9.78 Å². The van der Waals surface area contributed by atoms with Crippen molar-refractivity contribution in [2.75, 3.05) is 5.32 Å². The Morgan fingerprint density at radius 2 is 1.95 bits per heavy atom. The molecule has 0 spiro atoms. The van der Waals surface area contributed by atoms with Crippen LogP contribution in [-0.4, -0.2) is 27.0 Å². The fourth-order valence-electron chi connectivity index (χ4n) is 2.13. The van der Waals surface area contributed by atoms with Crippen molar-refractivity contribution in [1.82, 2.24) is 9.97 Å². The lowest BCUT2D eigenvalue weighted by Gasteiger charge is -2.07. The Morgan fingerprint density at radius 3 is 2.68 bits per heavy atom. The highest BCUT2D eigenvalue weighted by Gasteiger charge is 2.11. The van der Waals surface area contributed by atoms with E-state index in [0.717, 1.165) is 0 Å². The third kappa shape index (κ3) is 2.62. The zero-order valence-corrected chi connectivity index (χ0v) is 11.4. The van der Waals surface area contributed by atoms with Crippen molar-refractivity contribution >= 4 is 28.3 Å². The van der Waals surface area contributed by atoms with Gasteiger partial charge in [0.05, 0.1) is 5.56 Å². The molecule has 2 heterocycles. The first kappa shape index (κ1) is 13.7. The molecule has 0 bridgehead atoms. The lowest BCUT2D eigenvalue weighted by Crippen LogP contribution is -2.12. The van der Waals surface area contributed by atoms with Gasteiger partial charge in [-0.15, -0.1) is 0 Å². The number of hydrogen-bond donors (Lipinski definition) is 2. The SMILES string of the molecule is O=C(Nc1ccc2c(C(=O)O)nccc2c1)c1cccnc1. The molecule has 3 aromatic rings. The minimum Gasteiger partial charge on any atom is -0.476 e. The number of fused-ring (bicyclic) bond motifs is 1. The predicted molar refractivity (Wildman–Crippen MR) is 80.9 cm³/mol. The molecular formula is C16H11N3O3. The molecule has 22 heavy (non-hydrogen) atoms. The van der Waals surface area contributed by atoms with Gasteiger partial charge in [0, 0.05) is 29.7 Å². The summed E-state index contributed by atoms with van der Waals surface area (Å²) in [6.07, 6.45) is 4.49. The van der Waals surface area contributed by atoms with E-state index in [1.54, 1.807) is 42.6 Å². The number of nitrogens with one attached hydrogen (secondary N) is 1. The number of carbonyl (C=O) groups is 2. The van der Waals surface area contributed by atoms with Gasteiger partial charge >= 0.3 is 5.97 Å². The Balaban J connectivity index is 1.93. The number of nitrogens with zero attached hydrogens (tertiary/aromatic N) is 2. The van der Waals surface area contributed by atoms with Crippen LogP contribution in [0, 0.1) is 0 Å². The van der Waals surface area contributed by atoms with Crippen molar-refractivity contribution in [3.63, 3.8) is 0 Å². The summed E-state index contributed by atoms with van der Waals surface area (Å²) in [7, 11) is 0. The lowest BCUT2D eigenvalue weighted by atomic mass is 10.1. The number of carbonyl (C=O) groups excluding carboxylic acids is 1. The van der Waals surface area contributed by atoms with E-state index in [0.29, 0.717) is 22.0 Å². The largest absolute Gasteiger partial charge is 0.476 e. The van der Waals surface area contributed by atoms with Crippen LogP contribution in [0.5, 0.6) is 0 Å². The molecule has 0 aliphatic heterocycles. The number of aromatic carboxylic acids is 1. The monoisotopic (exact) mass is 293 g/mol. The molecule has 0 aliphatic rings. The number of carboxylic acid groups (broad SMARTS) is 1. The summed E-state index contributed by atoms with van der Waals surface area (Å²) >= 11 is 0. The first-order valence-corrected chi connectivity index (χ1v) is 6.48. The van der Waals surface area contributed by atoms with E-state index in [2.05, 4.69) is 15.3 Å². The second-order valence-electron chi connectivity index (χ2n) is 4.60. The average molecular weight is 293 g/mol. The summed E-state index contributed by atoms with van der Waals surface area (Å²) in [5.74, 6) is -1.36. The van der Waals surface area contributed by atoms with Crippen LogP contribution in [0.3, 0.4) is 0 Å². The minimum absolute atomic E-state index is 0.0114. The molecule has 6 nitrogen and oxygen atoms in total. The van der Waals surface area contributed by atoms with Gasteiger partial charge in [0.2, 0.25) is 0 Å². The zero-order chi connectivity index (χ0) is 15.5. The van der Waals surface area contributed by atoms with Gasteiger partial charge in [-0.2, -0.15) is 0 Å². The zero-order valence-electron chi connectivity index (χ0n) is 11.4. The third-order valence-electron chi connectivity index (χ3n) is 3.15. The lowest BCUT2D eigenvalue weighted by molar-refractivity contribution is 0.0692. The molecule has 0 fully saturated rings. The molecular weight excluding hydrogens is 282 g/mol. The molecule has 1 aromatic carbocycles. The maximum atomic E-state index is 12.1. The quantitative estimate of drug-likeness (QED) is 0.774. The van der Waals surface area contributed by atoms with Gasteiger partial charge in [-0.05, 0) is 41.8 Å². The number of carboxylic acids is 1. The van der Waals surface area contributed by atoms with Crippen molar-refractivity contribution in [2.24, 2.45) is 0 Å². The smallest absolute Gasteiger partial charge is 0.355 e. The van der Waals surface area contributed by atoms with Crippen LogP contribution in [-0.2, 0) is 0 Å². The number of aromatic nitrogens is 2. The molecule has 0 aliphatic carbocycles. The van der Waals surface area contributed by atoms with Crippen molar-refractivity contribution in [1.29, 1.82) is 0 Å². The Morgan fingerprint density at radius 1 is 1.09 bits per heavy atom. The highest BCUT2D eigenvalue weighted by Crippen LogP contribution is 2.21. The summed E-state index contributed by atoms with van der Waals surface area (Å²) in [6.45, 7) is 0. The van der Waals surface area contributed by atoms with Crippen LogP contribution in [0.1, 0.15) is 20.8 Å². The minimum atomic E-state index is -1.09. The topological polar surface area (TPSA) is 92.2 Å². The maximum absolute atomic E-state index is 12.1. The highest BCUT2D eigenvalue weighted by molar-refractivity contribution is 6.06. The Labute approximate surface area is 125 Å². The van der Waals surface area contributed by atoms with Crippen LogP contribution < -0.4 is 5.32 Å². The molecule has 2 N–H and O–H groups in total. The van der Waals surface area contributed by atoms with Crippen LogP contribution in [0.15, 0.2) is 55.0 Å². The summed E-state index contributed by atoms with van der Waals surface area (Å²) < 4.78 is 0. The van der Waals surface area contributed by atoms with E-state index in [1.807, 2.05) is 0 Å². The third-order valence-corrected chi connectivity index (χ3v) is 3.15. The fraction of sp³-hybridized carbons (Fsp3) is 0. The molecule has 2 aromatic heterocycles. The van der Waals surface area contributed by atoms with Crippen molar-refractivity contribution < 1.29 is 14.7 Å². The first-order valence-electron chi connectivity index (χ1n) is 6.48. The Hall–Kier alpha value is -3.28. The average Bonchev–Trinajstić information content (AvgIpc) is 2.54. The van der Waals surface area contributed by atoms with Crippen molar-refractivity contribution in [2.45, 2.75) is 0 Å². The van der Waals surface area contributed by atoms with Crippen LogP contribution >= 0.6 is 0 Å². The number of anilines is 1. The second kappa shape index (κ2) is 5.61. The highest BCUT2D eigenvalue weighted by atomic mass is 16.4. The van der Waals surface area contributed by atoms with Crippen LogP contribution in [0.2, 0.25) is 0 Å². The Kier molecular flexibility index (Phi) is 3.49. The molecule has 0 atom stereocenters. The van der Waals surface area contributed by atoms with Crippen LogP contribution in [0.4, 0.5) is 5.69 Å². The molecule has 6 heteroatoms. The summed E-state index contributed by atoms with van der Waals surface area (Å²) in [6, 6.07) is 10.0. The maximum Gasteiger partial charge on any atom is 0.355 e. The summed E-state index contributed by atoms with van der Waals surface area (Å²) in [4.78, 5) is 30.9. The first-order chi connectivity index (χ1) is 10.6. The molecule has 1 amide bonds.